The van der Waals surface area contributed by atoms with Crippen LogP contribution in [-0.2, 0) is 0 Å². The minimum absolute atomic E-state index is 0.123. The molecule has 178 valence electrons. The lowest BCUT2D eigenvalue weighted by Crippen LogP contribution is -2.34. The molecule has 8 heteroatoms. The first-order valence-electron chi connectivity index (χ1n) is 12.5. The summed E-state index contributed by atoms with van der Waals surface area (Å²) in [5.41, 5.74) is 2.41. The third-order valence-electron chi connectivity index (χ3n) is 7.07. The van der Waals surface area contributed by atoms with Crippen LogP contribution in [0.1, 0.15) is 70.4 Å². The molecule has 2 aliphatic heterocycles. The van der Waals surface area contributed by atoms with Crippen LogP contribution < -0.4 is 15.1 Å². The summed E-state index contributed by atoms with van der Waals surface area (Å²) in [7, 11) is 0. The van der Waals surface area contributed by atoms with Crippen molar-refractivity contribution < 1.29 is 9.59 Å². The maximum absolute atomic E-state index is 13.1. The number of nitrogens with one attached hydrogen (secondary N) is 1. The number of hydrogen-bond acceptors (Lipinski definition) is 8. The number of nitrogens with zero attached hydrogens (tertiary/aromatic N) is 5. The summed E-state index contributed by atoms with van der Waals surface area (Å²) in [5, 5.41) is 3.29. The molecule has 0 bridgehead atoms. The van der Waals surface area contributed by atoms with Gasteiger partial charge in [0.2, 0.25) is 17.8 Å². The van der Waals surface area contributed by atoms with E-state index in [2.05, 4.69) is 15.1 Å². The normalized spacial score (nSPS) is 17.7. The summed E-state index contributed by atoms with van der Waals surface area (Å²) in [4.78, 5) is 44.9. The molecular weight excluding hydrogens is 440 g/mol. The average molecular weight is 469 g/mol. The lowest BCUT2D eigenvalue weighted by Gasteiger charge is -2.30. The smallest absolute Gasteiger partial charge is 0.233 e. The SMILES string of the molecule is O=C1c2ccccc2C(=O)c2cc(Nc3nc(N4CCCCC4)nc(N4CCCCC4)n3)ccc21. The summed E-state index contributed by atoms with van der Waals surface area (Å²) in [6.07, 6.45) is 7.01. The molecule has 2 saturated heterocycles. The first-order valence-corrected chi connectivity index (χ1v) is 12.5. The first-order chi connectivity index (χ1) is 17.2. The second-order valence-electron chi connectivity index (χ2n) is 9.44. The Morgan fingerprint density at radius 3 is 1.69 bits per heavy atom. The topological polar surface area (TPSA) is 91.3 Å². The number of benzene rings is 2. The highest BCUT2D eigenvalue weighted by Crippen LogP contribution is 2.30. The van der Waals surface area contributed by atoms with Gasteiger partial charge in [-0.05, 0) is 56.7 Å². The number of ketones is 2. The van der Waals surface area contributed by atoms with Crippen molar-refractivity contribution in [3.05, 3.63) is 64.7 Å². The number of aromatic nitrogens is 3. The van der Waals surface area contributed by atoms with E-state index in [0.29, 0.717) is 45.8 Å². The first kappa shape index (κ1) is 21.7. The highest BCUT2D eigenvalue weighted by Gasteiger charge is 2.29. The highest BCUT2D eigenvalue weighted by atomic mass is 16.1. The Morgan fingerprint density at radius 1 is 0.600 bits per heavy atom. The van der Waals surface area contributed by atoms with E-state index in [4.69, 9.17) is 15.0 Å². The van der Waals surface area contributed by atoms with Crippen molar-refractivity contribution in [1.29, 1.82) is 0 Å². The summed E-state index contributed by atoms with van der Waals surface area (Å²) in [5.74, 6) is 1.58. The molecule has 8 nitrogen and oxygen atoms in total. The molecule has 3 heterocycles. The van der Waals surface area contributed by atoms with Crippen molar-refractivity contribution in [1.82, 2.24) is 15.0 Å². The number of fused-ring (bicyclic) bond motifs is 2. The van der Waals surface area contributed by atoms with Crippen molar-refractivity contribution in [2.45, 2.75) is 38.5 Å². The molecule has 1 aromatic heterocycles. The third kappa shape index (κ3) is 4.13. The molecule has 0 saturated carbocycles. The Kier molecular flexibility index (Phi) is 5.64. The second kappa shape index (κ2) is 9.09. The molecule has 0 amide bonds. The molecule has 3 aliphatic rings. The summed E-state index contributed by atoms with van der Waals surface area (Å²) in [6, 6.07) is 12.2. The van der Waals surface area contributed by atoms with E-state index in [1.807, 2.05) is 6.07 Å². The van der Waals surface area contributed by atoms with Gasteiger partial charge in [-0.2, -0.15) is 15.0 Å². The molecule has 0 unspecified atom stereocenters. The molecule has 1 N–H and O–H groups in total. The standard InChI is InChI=1S/C27H28N6O2/c34-23-19-9-3-4-10-20(19)24(35)22-17-18(11-12-21(22)23)28-25-29-26(32-13-5-1-6-14-32)31-27(30-25)33-15-7-2-8-16-33/h3-4,9-12,17H,1-2,5-8,13-16H2,(H,28,29,30,31). The lowest BCUT2D eigenvalue weighted by atomic mass is 9.84. The Morgan fingerprint density at radius 2 is 1.11 bits per heavy atom. The number of hydrogen-bond donors (Lipinski definition) is 1. The van der Waals surface area contributed by atoms with Crippen molar-refractivity contribution in [2.24, 2.45) is 0 Å². The van der Waals surface area contributed by atoms with Gasteiger partial charge in [0, 0.05) is 54.1 Å². The Bertz CT molecular complexity index is 1260. The molecule has 6 rings (SSSR count). The van der Waals surface area contributed by atoms with Crippen molar-refractivity contribution in [3.8, 4) is 0 Å². The number of rotatable bonds is 4. The van der Waals surface area contributed by atoms with Gasteiger partial charge in [0.1, 0.15) is 0 Å². The fourth-order valence-electron chi connectivity index (χ4n) is 5.19. The van der Waals surface area contributed by atoms with Gasteiger partial charge < -0.3 is 15.1 Å². The fraction of sp³-hybridized carbons (Fsp3) is 0.370. The molecule has 2 fully saturated rings. The molecule has 0 atom stereocenters. The molecule has 2 aromatic carbocycles. The zero-order chi connectivity index (χ0) is 23.8. The number of carbonyl (C=O) groups excluding carboxylic acids is 2. The van der Waals surface area contributed by atoms with Crippen molar-refractivity contribution >= 4 is 35.1 Å². The largest absolute Gasteiger partial charge is 0.341 e. The van der Waals surface area contributed by atoms with E-state index in [1.165, 1.54) is 12.8 Å². The van der Waals surface area contributed by atoms with Gasteiger partial charge in [0.25, 0.3) is 0 Å². The van der Waals surface area contributed by atoms with Crippen LogP contribution in [0.3, 0.4) is 0 Å². The van der Waals surface area contributed by atoms with Gasteiger partial charge in [-0.15, -0.1) is 0 Å². The van der Waals surface area contributed by atoms with E-state index < -0.39 is 0 Å². The Labute approximate surface area is 204 Å². The van der Waals surface area contributed by atoms with Crippen LogP contribution in [0.4, 0.5) is 23.5 Å². The zero-order valence-electron chi connectivity index (χ0n) is 19.7. The minimum Gasteiger partial charge on any atom is -0.341 e. The van der Waals surface area contributed by atoms with Crippen LogP contribution in [0.2, 0.25) is 0 Å². The quantitative estimate of drug-likeness (QED) is 0.472. The maximum Gasteiger partial charge on any atom is 0.233 e. The summed E-state index contributed by atoms with van der Waals surface area (Å²) in [6.45, 7) is 3.77. The predicted molar refractivity (Wildman–Crippen MR) is 135 cm³/mol. The predicted octanol–water partition coefficient (Wildman–Crippen LogP) is 4.37. The molecular formula is C27H28N6O2. The van der Waals surface area contributed by atoms with Crippen LogP contribution in [0, 0.1) is 0 Å². The third-order valence-corrected chi connectivity index (χ3v) is 7.07. The monoisotopic (exact) mass is 468 g/mol. The van der Waals surface area contributed by atoms with Crippen LogP contribution in [-0.4, -0.2) is 52.7 Å². The fourth-order valence-corrected chi connectivity index (χ4v) is 5.19. The van der Waals surface area contributed by atoms with Gasteiger partial charge in [-0.25, -0.2) is 0 Å². The zero-order valence-corrected chi connectivity index (χ0v) is 19.7. The molecule has 1 aliphatic carbocycles. The number of anilines is 4. The van der Waals surface area contributed by atoms with Crippen LogP contribution in [0.5, 0.6) is 0 Å². The van der Waals surface area contributed by atoms with Crippen molar-refractivity contribution in [2.75, 3.05) is 41.3 Å². The van der Waals surface area contributed by atoms with Crippen LogP contribution in [0.25, 0.3) is 0 Å². The van der Waals surface area contributed by atoms with E-state index in [1.54, 1.807) is 36.4 Å². The van der Waals surface area contributed by atoms with E-state index >= 15 is 0 Å². The number of carbonyl (C=O) groups is 2. The maximum atomic E-state index is 13.1. The van der Waals surface area contributed by atoms with E-state index in [9.17, 15) is 9.59 Å². The van der Waals surface area contributed by atoms with E-state index in [-0.39, 0.29) is 11.6 Å². The van der Waals surface area contributed by atoms with Gasteiger partial charge in [-0.1, -0.05) is 24.3 Å². The number of piperidine rings is 2. The Hall–Kier alpha value is -3.81. The molecule has 35 heavy (non-hydrogen) atoms. The van der Waals surface area contributed by atoms with Gasteiger partial charge in [-0.3, -0.25) is 9.59 Å². The second-order valence-corrected chi connectivity index (χ2v) is 9.44. The van der Waals surface area contributed by atoms with Gasteiger partial charge in [0.05, 0.1) is 0 Å². The van der Waals surface area contributed by atoms with Gasteiger partial charge >= 0.3 is 0 Å². The average Bonchev–Trinajstić information content (AvgIpc) is 2.92. The minimum atomic E-state index is -0.141. The highest BCUT2D eigenvalue weighted by molar-refractivity contribution is 6.28. The molecule has 3 aromatic rings. The van der Waals surface area contributed by atoms with Crippen LogP contribution in [0.15, 0.2) is 42.5 Å². The van der Waals surface area contributed by atoms with Crippen LogP contribution >= 0.6 is 0 Å². The summed E-state index contributed by atoms with van der Waals surface area (Å²) >= 11 is 0. The lowest BCUT2D eigenvalue weighted by molar-refractivity contribution is 0.0979. The molecule has 0 radical (unpaired) electrons. The van der Waals surface area contributed by atoms with E-state index in [0.717, 1.165) is 51.9 Å². The summed E-state index contributed by atoms with van der Waals surface area (Å²) < 4.78 is 0. The Balaban J connectivity index is 1.34. The van der Waals surface area contributed by atoms with Crippen molar-refractivity contribution in [3.63, 3.8) is 0 Å². The van der Waals surface area contributed by atoms with Gasteiger partial charge in [0.15, 0.2) is 11.6 Å². The molecule has 0 spiro atoms.